The number of carbonyl (C=O) groups excluding carboxylic acids is 1. The molecule has 1 aliphatic carbocycles. The van der Waals surface area contributed by atoms with Crippen LogP contribution >= 0.6 is 0 Å². The smallest absolute Gasteiger partial charge is 0.239 e. The SMILES string of the molecule is COc1ccc(C(NC2CC2)C(N)=O)cc1O. The second-order valence-electron chi connectivity index (χ2n) is 4.21. The van der Waals surface area contributed by atoms with E-state index >= 15 is 0 Å². The highest BCUT2D eigenvalue weighted by Crippen LogP contribution is 2.30. The summed E-state index contributed by atoms with van der Waals surface area (Å²) >= 11 is 0. The van der Waals surface area contributed by atoms with Gasteiger partial charge in [0.25, 0.3) is 0 Å². The molecule has 0 saturated heterocycles. The van der Waals surface area contributed by atoms with Gasteiger partial charge in [0, 0.05) is 6.04 Å². The van der Waals surface area contributed by atoms with Crippen molar-refractivity contribution in [2.24, 2.45) is 5.73 Å². The summed E-state index contributed by atoms with van der Waals surface area (Å²) in [7, 11) is 1.47. The lowest BCUT2D eigenvalue weighted by Gasteiger charge is -2.16. The lowest BCUT2D eigenvalue weighted by Crippen LogP contribution is -2.34. The molecule has 0 spiro atoms. The Balaban J connectivity index is 2.22. The molecule has 0 aromatic heterocycles. The number of rotatable bonds is 5. The fraction of sp³-hybridized carbons (Fsp3) is 0.417. The van der Waals surface area contributed by atoms with E-state index < -0.39 is 11.9 Å². The third-order valence-corrected chi connectivity index (χ3v) is 2.80. The Labute approximate surface area is 99.6 Å². The summed E-state index contributed by atoms with van der Waals surface area (Å²) in [6, 6.07) is 4.65. The quantitative estimate of drug-likeness (QED) is 0.702. The molecular formula is C12H16N2O3. The summed E-state index contributed by atoms with van der Waals surface area (Å²) in [4.78, 5) is 11.4. The van der Waals surface area contributed by atoms with Gasteiger partial charge >= 0.3 is 0 Å². The van der Waals surface area contributed by atoms with Crippen molar-refractivity contribution in [3.05, 3.63) is 23.8 Å². The minimum atomic E-state index is -0.556. The summed E-state index contributed by atoms with van der Waals surface area (Å²) < 4.78 is 4.95. The van der Waals surface area contributed by atoms with Crippen molar-refractivity contribution in [1.82, 2.24) is 5.32 Å². The number of primary amides is 1. The zero-order valence-corrected chi connectivity index (χ0v) is 9.64. The van der Waals surface area contributed by atoms with Crippen LogP contribution < -0.4 is 15.8 Å². The molecule has 0 aliphatic heterocycles. The summed E-state index contributed by atoms with van der Waals surface area (Å²) in [5, 5.41) is 12.8. The standard InChI is InChI=1S/C12H16N2O3/c1-17-10-5-2-7(6-9(10)15)11(12(13)16)14-8-3-4-8/h2,5-6,8,11,14-15H,3-4H2,1H3,(H2,13,16). The number of nitrogens with one attached hydrogen (secondary N) is 1. The second-order valence-corrected chi connectivity index (χ2v) is 4.21. The van der Waals surface area contributed by atoms with Crippen LogP contribution in [0.3, 0.4) is 0 Å². The normalized spacial score (nSPS) is 16.5. The fourth-order valence-corrected chi connectivity index (χ4v) is 1.71. The Kier molecular flexibility index (Phi) is 3.19. The van der Waals surface area contributed by atoms with Crippen LogP contribution in [0.15, 0.2) is 18.2 Å². The number of carbonyl (C=O) groups is 1. The average molecular weight is 236 g/mol. The number of methoxy groups -OCH3 is 1. The Morgan fingerprint density at radius 1 is 1.59 bits per heavy atom. The van der Waals surface area contributed by atoms with Crippen LogP contribution in [0.4, 0.5) is 0 Å². The fourth-order valence-electron chi connectivity index (χ4n) is 1.71. The van der Waals surface area contributed by atoms with E-state index in [4.69, 9.17) is 10.5 Å². The first-order valence-electron chi connectivity index (χ1n) is 5.54. The molecule has 0 radical (unpaired) electrons. The lowest BCUT2D eigenvalue weighted by atomic mass is 10.1. The second kappa shape index (κ2) is 4.63. The van der Waals surface area contributed by atoms with Gasteiger partial charge in [0.05, 0.1) is 7.11 Å². The number of ether oxygens (including phenoxy) is 1. The molecule has 4 N–H and O–H groups in total. The summed E-state index contributed by atoms with van der Waals surface area (Å²) in [6.45, 7) is 0. The number of phenols is 1. The predicted molar refractivity (Wildman–Crippen MR) is 62.8 cm³/mol. The summed E-state index contributed by atoms with van der Waals surface area (Å²) in [5.74, 6) is -0.0568. The van der Waals surface area contributed by atoms with Crippen LogP contribution in [-0.2, 0) is 4.79 Å². The van der Waals surface area contributed by atoms with Crippen LogP contribution in [0.5, 0.6) is 11.5 Å². The number of hydrogen-bond acceptors (Lipinski definition) is 4. The van der Waals surface area contributed by atoms with Crippen molar-refractivity contribution in [1.29, 1.82) is 0 Å². The summed E-state index contributed by atoms with van der Waals surface area (Å²) in [6.07, 6.45) is 2.12. The Bertz CT molecular complexity index is 430. The average Bonchev–Trinajstić information content (AvgIpc) is 3.09. The van der Waals surface area contributed by atoms with E-state index in [-0.39, 0.29) is 5.75 Å². The molecule has 5 nitrogen and oxygen atoms in total. The molecule has 1 saturated carbocycles. The maximum atomic E-state index is 11.4. The van der Waals surface area contributed by atoms with Gasteiger partial charge in [0.15, 0.2) is 11.5 Å². The number of amides is 1. The molecule has 2 rings (SSSR count). The molecule has 0 bridgehead atoms. The first-order chi connectivity index (χ1) is 8.11. The first kappa shape index (κ1) is 11.7. The third kappa shape index (κ3) is 2.68. The molecule has 1 aromatic carbocycles. The van der Waals surface area contributed by atoms with Crippen LogP contribution in [0.1, 0.15) is 24.4 Å². The minimum absolute atomic E-state index is 0.00819. The lowest BCUT2D eigenvalue weighted by molar-refractivity contribution is -0.120. The van der Waals surface area contributed by atoms with E-state index in [1.54, 1.807) is 12.1 Å². The van der Waals surface area contributed by atoms with Gasteiger partial charge in [-0.1, -0.05) is 6.07 Å². The van der Waals surface area contributed by atoms with Gasteiger partial charge in [-0.15, -0.1) is 0 Å². The van der Waals surface area contributed by atoms with Gasteiger partial charge in [0.2, 0.25) is 5.91 Å². The van der Waals surface area contributed by atoms with Crippen molar-refractivity contribution >= 4 is 5.91 Å². The molecule has 1 unspecified atom stereocenters. The van der Waals surface area contributed by atoms with E-state index in [0.29, 0.717) is 17.4 Å². The highest BCUT2D eigenvalue weighted by Gasteiger charge is 2.28. The molecule has 0 heterocycles. The van der Waals surface area contributed by atoms with E-state index in [2.05, 4.69) is 5.32 Å². The zero-order valence-electron chi connectivity index (χ0n) is 9.64. The van der Waals surface area contributed by atoms with Crippen molar-refractivity contribution < 1.29 is 14.6 Å². The largest absolute Gasteiger partial charge is 0.504 e. The monoisotopic (exact) mass is 236 g/mol. The number of nitrogens with two attached hydrogens (primary N) is 1. The van der Waals surface area contributed by atoms with Crippen molar-refractivity contribution in [2.45, 2.75) is 24.9 Å². The molecule has 1 amide bonds. The Morgan fingerprint density at radius 3 is 2.76 bits per heavy atom. The third-order valence-electron chi connectivity index (χ3n) is 2.80. The van der Waals surface area contributed by atoms with Crippen LogP contribution in [0.25, 0.3) is 0 Å². The number of hydrogen-bond donors (Lipinski definition) is 3. The van der Waals surface area contributed by atoms with Crippen molar-refractivity contribution in [3.63, 3.8) is 0 Å². The predicted octanol–water partition coefficient (Wildman–Crippen LogP) is 0.679. The molecular weight excluding hydrogens is 220 g/mol. The van der Waals surface area contributed by atoms with Crippen molar-refractivity contribution in [3.8, 4) is 11.5 Å². The summed E-state index contributed by atoms with van der Waals surface area (Å²) in [5.41, 5.74) is 6.01. The van der Waals surface area contributed by atoms with Gasteiger partial charge < -0.3 is 15.6 Å². The zero-order chi connectivity index (χ0) is 12.4. The number of aromatic hydroxyl groups is 1. The van der Waals surface area contributed by atoms with Crippen LogP contribution in [-0.4, -0.2) is 24.2 Å². The molecule has 1 fully saturated rings. The van der Waals surface area contributed by atoms with Gasteiger partial charge in [-0.25, -0.2) is 0 Å². The minimum Gasteiger partial charge on any atom is -0.504 e. The molecule has 1 atom stereocenters. The number of benzene rings is 1. The van der Waals surface area contributed by atoms with Gasteiger partial charge in [-0.05, 0) is 30.5 Å². The highest BCUT2D eigenvalue weighted by atomic mass is 16.5. The molecule has 1 aromatic rings. The molecule has 17 heavy (non-hydrogen) atoms. The van der Waals surface area contributed by atoms with Crippen LogP contribution in [0, 0.1) is 0 Å². The van der Waals surface area contributed by atoms with Crippen LogP contribution in [0.2, 0.25) is 0 Å². The van der Waals surface area contributed by atoms with Gasteiger partial charge in [0.1, 0.15) is 6.04 Å². The van der Waals surface area contributed by atoms with E-state index in [1.807, 2.05) is 0 Å². The van der Waals surface area contributed by atoms with E-state index in [9.17, 15) is 9.90 Å². The Morgan fingerprint density at radius 2 is 2.29 bits per heavy atom. The van der Waals surface area contributed by atoms with Gasteiger partial charge in [-0.2, -0.15) is 0 Å². The highest BCUT2D eigenvalue weighted by molar-refractivity contribution is 5.81. The topological polar surface area (TPSA) is 84.6 Å². The molecule has 92 valence electrons. The molecule has 1 aliphatic rings. The molecule has 5 heteroatoms. The van der Waals surface area contributed by atoms with Crippen molar-refractivity contribution in [2.75, 3.05) is 7.11 Å². The maximum absolute atomic E-state index is 11.4. The van der Waals surface area contributed by atoms with E-state index in [1.165, 1.54) is 13.2 Å². The maximum Gasteiger partial charge on any atom is 0.239 e. The van der Waals surface area contributed by atoms with E-state index in [0.717, 1.165) is 12.8 Å². The van der Waals surface area contributed by atoms with Gasteiger partial charge in [-0.3, -0.25) is 10.1 Å². The number of phenolic OH excluding ortho intramolecular Hbond substituents is 1. The Hall–Kier alpha value is -1.75. The first-order valence-corrected chi connectivity index (χ1v) is 5.54.